The molecule has 36 heavy (non-hydrogen) atoms. The van der Waals surface area contributed by atoms with Crippen molar-refractivity contribution in [3.8, 4) is 5.75 Å². The van der Waals surface area contributed by atoms with Crippen LogP contribution in [-0.4, -0.2) is 20.8 Å². The van der Waals surface area contributed by atoms with Crippen LogP contribution in [0.1, 0.15) is 30.3 Å². The number of benzene rings is 3. The van der Waals surface area contributed by atoms with Gasteiger partial charge in [-0.1, -0.05) is 58.2 Å². The minimum Gasteiger partial charge on any atom is -0.481 e. The van der Waals surface area contributed by atoms with E-state index < -0.39 is 4.92 Å². The van der Waals surface area contributed by atoms with Crippen LogP contribution in [0.3, 0.4) is 0 Å². The van der Waals surface area contributed by atoms with Crippen molar-refractivity contribution in [2.45, 2.75) is 26.4 Å². The number of aryl methyl sites for hydroxylation is 1. The summed E-state index contributed by atoms with van der Waals surface area (Å²) in [6.45, 7) is 1.98. The third kappa shape index (κ3) is 5.59. The van der Waals surface area contributed by atoms with Crippen molar-refractivity contribution >= 4 is 61.9 Å². The van der Waals surface area contributed by atoms with Gasteiger partial charge in [0.2, 0.25) is 5.75 Å². The Balaban J connectivity index is 1.77. The fraction of sp³-hybridized carbons (Fsp3) is 0.160. The number of fused-ring (bicyclic) bond motifs is 1. The van der Waals surface area contributed by atoms with Gasteiger partial charge in [0.25, 0.3) is 5.56 Å². The molecule has 184 valence electrons. The van der Waals surface area contributed by atoms with Crippen LogP contribution in [0.2, 0.25) is 10.0 Å². The molecule has 0 fully saturated rings. The third-order valence-electron chi connectivity index (χ3n) is 5.25. The van der Waals surface area contributed by atoms with E-state index in [1.54, 1.807) is 36.4 Å². The molecule has 4 rings (SSSR count). The number of nitro benzene ring substituents is 1. The zero-order valence-corrected chi connectivity index (χ0v) is 22.0. The quantitative estimate of drug-likeness (QED) is 0.128. The Morgan fingerprint density at radius 2 is 1.97 bits per heavy atom. The summed E-state index contributed by atoms with van der Waals surface area (Å²) >= 11 is 15.4. The van der Waals surface area contributed by atoms with Crippen LogP contribution in [0.25, 0.3) is 10.9 Å². The lowest BCUT2D eigenvalue weighted by Crippen LogP contribution is -2.22. The summed E-state index contributed by atoms with van der Waals surface area (Å²) in [5, 5.41) is 17.2. The second-order valence-corrected chi connectivity index (χ2v) is 9.52. The van der Waals surface area contributed by atoms with E-state index in [-0.39, 0.29) is 23.6 Å². The lowest BCUT2D eigenvalue weighted by molar-refractivity contribution is -0.385. The van der Waals surface area contributed by atoms with Crippen molar-refractivity contribution in [3.63, 3.8) is 0 Å². The molecule has 0 aliphatic heterocycles. The molecule has 8 nitrogen and oxygen atoms in total. The van der Waals surface area contributed by atoms with Crippen LogP contribution in [0.4, 0.5) is 5.69 Å². The van der Waals surface area contributed by atoms with Gasteiger partial charge in [0.1, 0.15) is 12.4 Å². The third-order valence-corrected chi connectivity index (χ3v) is 6.48. The highest BCUT2D eigenvalue weighted by Gasteiger charge is 2.19. The first-order valence-corrected chi connectivity index (χ1v) is 12.4. The average Bonchev–Trinajstić information content (AvgIpc) is 2.85. The Morgan fingerprint density at radius 1 is 1.17 bits per heavy atom. The lowest BCUT2D eigenvalue weighted by atomic mass is 10.2. The average molecular weight is 590 g/mol. The smallest absolute Gasteiger partial charge is 0.311 e. The summed E-state index contributed by atoms with van der Waals surface area (Å²) in [6, 6.07) is 14.7. The highest BCUT2D eigenvalue weighted by Crippen LogP contribution is 2.31. The van der Waals surface area contributed by atoms with Gasteiger partial charge < -0.3 is 4.74 Å². The van der Waals surface area contributed by atoms with Crippen molar-refractivity contribution in [1.29, 1.82) is 0 Å². The SMILES string of the molecule is CCCc1nc2ccc(Br)cc2c(=O)n1N=Cc1cccc([N+](=O)[O-])c1OCc1ccc(Cl)c(Cl)c1. The topological polar surface area (TPSA) is 99.6 Å². The number of para-hydroxylation sites is 1. The summed E-state index contributed by atoms with van der Waals surface area (Å²) in [5.41, 5.74) is 0.994. The van der Waals surface area contributed by atoms with Crippen molar-refractivity contribution in [1.82, 2.24) is 9.66 Å². The number of halogens is 3. The Bertz CT molecular complexity index is 1560. The van der Waals surface area contributed by atoms with Crippen molar-refractivity contribution < 1.29 is 9.66 Å². The van der Waals surface area contributed by atoms with Crippen molar-refractivity contribution in [2.24, 2.45) is 5.10 Å². The van der Waals surface area contributed by atoms with Gasteiger partial charge in [-0.2, -0.15) is 9.78 Å². The van der Waals surface area contributed by atoms with Gasteiger partial charge in [-0.15, -0.1) is 0 Å². The molecular weight excluding hydrogens is 571 g/mol. The molecule has 4 aromatic rings. The molecule has 3 aromatic carbocycles. The molecule has 1 aromatic heterocycles. The maximum atomic E-state index is 13.3. The number of hydrogen-bond acceptors (Lipinski definition) is 6. The van der Waals surface area contributed by atoms with Crippen LogP contribution < -0.4 is 10.3 Å². The minimum atomic E-state index is -0.536. The van der Waals surface area contributed by atoms with Gasteiger partial charge in [-0.05, 0) is 48.4 Å². The number of ether oxygens (including phenoxy) is 1. The standard InChI is InChI=1S/C25H19BrCl2N4O4/c1-2-4-23-30-21-10-8-17(26)12-18(21)25(33)31(23)29-13-16-5-3-6-22(32(34)35)24(16)36-14-15-7-9-19(27)20(28)11-15/h3,5-13H,2,4,14H2,1H3. The Kier molecular flexibility index (Phi) is 8.03. The summed E-state index contributed by atoms with van der Waals surface area (Å²) in [5.74, 6) is 0.496. The Hall–Kier alpha value is -3.27. The fourth-order valence-corrected chi connectivity index (χ4v) is 4.23. The molecule has 0 N–H and O–H groups in total. The van der Waals surface area contributed by atoms with E-state index in [0.717, 1.165) is 10.9 Å². The molecular formula is C25H19BrCl2N4O4. The molecule has 11 heteroatoms. The van der Waals surface area contributed by atoms with Crippen LogP contribution in [-0.2, 0) is 13.0 Å². The normalized spacial score (nSPS) is 11.3. The van der Waals surface area contributed by atoms with Crippen LogP contribution in [0.5, 0.6) is 5.75 Å². The zero-order chi connectivity index (χ0) is 25.8. The predicted molar refractivity (Wildman–Crippen MR) is 145 cm³/mol. The van der Waals surface area contributed by atoms with E-state index in [2.05, 4.69) is 26.0 Å². The van der Waals surface area contributed by atoms with Gasteiger partial charge in [-0.25, -0.2) is 4.98 Å². The molecule has 0 aliphatic rings. The number of hydrogen-bond donors (Lipinski definition) is 0. The summed E-state index contributed by atoms with van der Waals surface area (Å²) in [4.78, 5) is 29.0. The monoisotopic (exact) mass is 588 g/mol. The summed E-state index contributed by atoms with van der Waals surface area (Å²) in [6.07, 6.45) is 2.64. The first kappa shape index (κ1) is 25.8. The first-order valence-electron chi connectivity index (χ1n) is 10.9. The molecule has 0 amide bonds. The number of aromatic nitrogens is 2. The van der Waals surface area contributed by atoms with Gasteiger partial charge in [0, 0.05) is 22.5 Å². The zero-order valence-electron chi connectivity index (χ0n) is 19.0. The van der Waals surface area contributed by atoms with E-state index in [0.29, 0.717) is 44.3 Å². The number of nitro groups is 1. The van der Waals surface area contributed by atoms with Crippen LogP contribution >= 0.6 is 39.1 Å². The van der Waals surface area contributed by atoms with E-state index in [9.17, 15) is 14.9 Å². The van der Waals surface area contributed by atoms with E-state index in [1.165, 1.54) is 23.0 Å². The van der Waals surface area contributed by atoms with Crippen LogP contribution in [0, 0.1) is 10.1 Å². The minimum absolute atomic E-state index is 0.00910. The van der Waals surface area contributed by atoms with Gasteiger partial charge >= 0.3 is 5.69 Å². The van der Waals surface area contributed by atoms with Crippen LogP contribution in [0.15, 0.2) is 69.0 Å². The molecule has 0 spiro atoms. The van der Waals surface area contributed by atoms with Gasteiger partial charge in [-0.3, -0.25) is 14.9 Å². The molecule has 0 unspecified atom stereocenters. The fourth-order valence-electron chi connectivity index (χ4n) is 3.55. The number of rotatable bonds is 8. The first-order chi connectivity index (χ1) is 17.3. The number of nitrogens with zero attached hydrogens (tertiary/aromatic N) is 4. The molecule has 0 saturated carbocycles. The van der Waals surface area contributed by atoms with Gasteiger partial charge in [0.05, 0.1) is 32.1 Å². The van der Waals surface area contributed by atoms with Crippen molar-refractivity contribution in [3.05, 3.63) is 107 Å². The molecule has 0 bridgehead atoms. The second-order valence-electron chi connectivity index (χ2n) is 7.79. The molecule has 0 aliphatic carbocycles. The predicted octanol–water partition coefficient (Wildman–Crippen LogP) is 6.79. The summed E-state index contributed by atoms with van der Waals surface area (Å²) < 4.78 is 7.81. The summed E-state index contributed by atoms with van der Waals surface area (Å²) in [7, 11) is 0. The molecule has 0 saturated heterocycles. The highest BCUT2D eigenvalue weighted by molar-refractivity contribution is 9.10. The van der Waals surface area contributed by atoms with E-state index in [1.807, 2.05) is 13.0 Å². The van der Waals surface area contributed by atoms with E-state index >= 15 is 0 Å². The molecule has 1 heterocycles. The van der Waals surface area contributed by atoms with E-state index in [4.69, 9.17) is 27.9 Å². The van der Waals surface area contributed by atoms with Crippen molar-refractivity contribution in [2.75, 3.05) is 0 Å². The highest BCUT2D eigenvalue weighted by atomic mass is 79.9. The molecule has 0 radical (unpaired) electrons. The van der Waals surface area contributed by atoms with Gasteiger partial charge in [0.15, 0.2) is 0 Å². The maximum Gasteiger partial charge on any atom is 0.311 e. The largest absolute Gasteiger partial charge is 0.481 e. The second kappa shape index (κ2) is 11.2. The Labute approximate surface area is 224 Å². The lowest BCUT2D eigenvalue weighted by Gasteiger charge is -2.11. The molecule has 0 atom stereocenters. The maximum absolute atomic E-state index is 13.3. The Morgan fingerprint density at radius 3 is 2.69 bits per heavy atom.